The van der Waals surface area contributed by atoms with Gasteiger partial charge in [-0.25, -0.2) is 9.97 Å². The molecule has 0 N–H and O–H groups in total. The van der Waals surface area contributed by atoms with Gasteiger partial charge in [0, 0.05) is 38.5 Å². The maximum atomic E-state index is 5.21. The van der Waals surface area contributed by atoms with E-state index in [-0.39, 0.29) is 0 Å². The molecule has 0 atom stereocenters. The lowest BCUT2D eigenvalue weighted by Gasteiger charge is -2.14. The minimum Gasteiger partial charge on any atom is -0.297 e. The van der Waals surface area contributed by atoms with Crippen LogP contribution in [0.3, 0.4) is 0 Å². The summed E-state index contributed by atoms with van der Waals surface area (Å²) in [7, 11) is 0. The van der Waals surface area contributed by atoms with Gasteiger partial charge in [-0.15, -0.1) is 0 Å². The molecule has 0 fully saturated rings. The first-order valence-electron chi connectivity index (χ1n) is 15.2. The van der Waals surface area contributed by atoms with Gasteiger partial charge in [-0.2, -0.15) is 0 Å². The van der Waals surface area contributed by atoms with E-state index in [1.54, 1.807) is 0 Å². The number of allylic oxidation sites excluding steroid dienone is 1. The largest absolute Gasteiger partial charge is 0.297 e. The number of benzene rings is 4. The van der Waals surface area contributed by atoms with Gasteiger partial charge < -0.3 is 0 Å². The summed E-state index contributed by atoms with van der Waals surface area (Å²) in [5, 5.41) is 3.70. The molecule has 8 aromatic rings. The smallest absolute Gasteiger partial charge is 0.138 e. The minimum atomic E-state index is 0.906. The van der Waals surface area contributed by atoms with Crippen molar-refractivity contribution in [1.82, 2.24) is 19.1 Å². The Morgan fingerprint density at radius 1 is 0.477 bits per heavy atom. The van der Waals surface area contributed by atoms with Crippen LogP contribution in [0.25, 0.3) is 72.9 Å². The van der Waals surface area contributed by atoms with Gasteiger partial charge in [-0.05, 0) is 55.3 Å². The van der Waals surface area contributed by atoms with Crippen molar-refractivity contribution in [2.75, 3.05) is 0 Å². The molecular formula is C40H28N4. The summed E-state index contributed by atoms with van der Waals surface area (Å²) in [6.45, 7) is 0. The van der Waals surface area contributed by atoms with E-state index < -0.39 is 0 Å². The summed E-state index contributed by atoms with van der Waals surface area (Å²) in [6, 6.07) is 46.9. The van der Waals surface area contributed by atoms with Gasteiger partial charge in [0.05, 0.1) is 27.9 Å². The molecule has 4 aromatic heterocycles. The third-order valence-electron chi connectivity index (χ3n) is 8.80. The highest BCUT2D eigenvalue weighted by Gasteiger charge is 2.23. The van der Waals surface area contributed by atoms with Crippen LogP contribution in [0.15, 0.2) is 140 Å². The number of rotatable bonds is 4. The highest BCUT2D eigenvalue weighted by Crippen LogP contribution is 2.40. The van der Waals surface area contributed by atoms with Crippen LogP contribution in [0, 0.1) is 0 Å². The molecule has 9 rings (SSSR count). The van der Waals surface area contributed by atoms with Crippen molar-refractivity contribution in [3.05, 3.63) is 151 Å². The van der Waals surface area contributed by atoms with E-state index in [1.165, 1.54) is 27.4 Å². The van der Waals surface area contributed by atoms with Gasteiger partial charge in [-0.1, -0.05) is 103 Å². The van der Waals surface area contributed by atoms with Gasteiger partial charge in [0.15, 0.2) is 0 Å². The third-order valence-corrected chi connectivity index (χ3v) is 8.80. The lowest BCUT2D eigenvalue weighted by atomic mass is 10.0. The summed E-state index contributed by atoms with van der Waals surface area (Å²) in [5.41, 5.74) is 10.2. The predicted octanol–water partition coefficient (Wildman–Crippen LogP) is 9.81. The second kappa shape index (κ2) is 9.92. The van der Waals surface area contributed by atoms with Crippen molar-refractivity contribution in [3.8, 4) is 34.2 Å². The Labute approximate surface area is 255 Å². The molecule has 0 amide bonds. The Hall–Kier alpha value is -5.74. The number of aromatic nitrogens is 4. The number of pyridine rings is 2. The summed E-state index contributed by atoms with van der Waals surface area (Å²) in [4.78, 5) is 10.4. The van der Waals surface area contributed by atoms with Gasteiger partial charge in [-0.3, -0.25) is 9.13 Å². The van der Waals surface area contributed by atoms with Crippen LogP contribution in [0.2, 0.25) is 0 Å². The fourth-order valence-corrected chi connectivity index (χ4v) is 6.82. The van der Waals surface area contributed by atoms with Crippen molar-refractivity contribution in [2.45, 2.75) is 12.8 Å². The van der Waals surface area contributed by atoms with Crippen molar-refractivity contribution < 1.29 is 0 Å². The zero-order chi connectivity index (χ0) is 29.0. The molecule has 1 aliphatic rings. The van der Waals surface area contributed by atoms with Gasteiger partial charge >= 0.3 is 0 Å². The molecule has 1 aliphatic carbocycles. The first kappa shape index (κ1) is 24.8. The molecule has 4 heteroatoms. The van der Waals surface area contributed by atoms with Crippen LogP contribution >= 0.6 is 0 Å². The highest BCUT2D eigenvalue weighted by molar-refractivity contribution is 6.14. The van der Waals surface area contributed by atoms with E-state index in [0.717, 1.165) is 63.5 Å². The van der Waals surface area contributed by atoms with Gasteiger partial charge in [0.2, 0.25) is 0 Å². The Balaban J connectivity index is 1.34. The molecule has 4 aromatic carbocycles. The molecule has 0 unspecified atom stereocenters. The zero-order valence-corrected chi connectivity index (χ0v) is 24.1. The highest BCUT2D eigenvalue weighted by atomic mass is 15.1. The topological polar surface area (TPSA) is 35.6 Å². The van der Waals surface area contributed by atoms with Crippen molar-refractivity contribution >= 4 is 38.8 Å². The Bertz CT molecular complexity index is 2380. The lowest BCUT2D eigenvalue weighted by Crippen LogP contribution is -2.05. The molecular weight excluding hydrogens is 536 g/mol. The quantitative estimate of drug-likeness (QED) is 0.213. The number of hydrogen-bond acceptors (Lipinski definition) is 2. The molecule has 4 heterocycles. The molecule has 44 heavy (non-hydrogen) atoms. The van der Waals surface area contributed by atoms with E-state index in [1.807, 2.05) is 12.1 Å². The Kier molecular flexibility index (Phi) is 5.60. The lowest BCUT2D eigenvalue weighted by molar-refractivity contribution is 0.872. The van der Waals surface area contributed by atoms with E-state index >= 15 is 0 Å². The third kappa shape index (κ3) is 3.85. The normalized spacial score (nSPS) is 12.7. The maximum absolute atomic E-state index is 5.21. The molecule has 0 saturated heterocycles. The number of hydrogen-bond donors (Lipinski definition) is 0. The van der Waals surface area contributed by atoms with Crippen molar-refractivity contribution in [3.63, 3.8) is 0 Å². The fourth-order valence-electron chi connectivity index (χ4n) is 6.82. The zero-order valence-electron chi connectivity index (χ0n) is 24.1. The fraction of sp³-hybridized carbons (Fsp3) is 0.0500. The monoisotopic (exact) mass is 564 g/mol. The summed E-state index contributed by atoms with van der Waals surface area (Å²) in [5.74, 6) is 1.85. The molecule has 0 saturated carbocycles. The summed E-state index contributed by atoms with van der Waals surface area (Å²) >= 11 is 0. The average molecular weight is 565 g/mol. The van der Waals surface area contributed by atoms with E-state index in [9.17, 15) is 0 Å². The SMILES string of the molecule is C1=Cc2c(n(-c3cccc(-c4ccccc4)n3)c3cc4c(cc23)c2ccccc2n4-c2cccc(-c3ccccc3)n2)CC1. The molecule has 4 nitrogen and oxygen atoms in total. The van der Waals surface area contributed by atoms with Crippen molar-refractivity contribution in [2.24, 2.45) is 0 Å². The van der Waals surface area contributed by atoms with Crippen LogP contribution in [-0.2, 0) is 6.42 Å². The summed E-state index contributed by atoms with van der Waals surface area (Å²) < 4.78 is 4.70. The summed E-state index contributed by atoms with van der Waals surface area (Å²) in [6.07, 6.45) is 6.59. The van der Waals surface area contributed by atoms with Crippen LogP contribution in [-0.4, -0.2) is 19.1 Å². The number of nitrogens with zero attached hydrogens (tertiary/aromatic N) is 4. The number of fused-ring (bicyclic) bond motifs is 6. The standard InChI is InChI=1S/C40H28N4/c1-3-13-27(14-4-1)33-19-11-23-39(41-33)43-35-21-9-7-17-29(35)31-25-32-30-18-8-10-22-36(30)44(38(32)26-37(31)43)40-24-12-20-34(42-40)28-15-5-2-6-16-28/h1-9,11-21,23-26H,10,22H2. The Morgan fingerprint density at radius 3 is 1.80 bits per heavy atom. The number of para-hydroxylation sites is 1. The predicted molar refractivity (Wildman–Crippen MR) is 181 cm³/mol. The first-order valence-corrected chi connectivity index (χ1v) is 15.2. The van der Waals surface area contributed by atoms with Gasteiger partial charge in [0.25, 0.3) is 0 Å². The first-order chi connectivity index (χ1) is 21.8. The molecule has 208 valence electrons. The average Bonchev–Trinajstić information content (AvgIpc) is 3.60. The second-order valence-electron chi connectivity index (χ2n) is 11.4. The molecule has 0 bridgehead atoms. The van der Waals surface area contributed by atoms with E-state index in [0.29, 0.717) is 0 Å². The molecule has 0 aliphatic heterocycles. The molecule has 0 radical (unpaired) electrons. The Morgan fingerprint density at radius 2 is 1.09 bits per heavy atom. The van der Waals surface area contributed by atoms with Crippen LogP contribution in [0.4, 0.5) is 0 Å². The van der Waals surface area contributed by atoms with Crippen LogP contribution < -0.4 is 0 Å². The van der Waals surface area contributed by atoms with Crippen LogP contribution in [0.1, 0.15) is 17.7 Å². The molecule has 0 spiro atoms. The minimum absolute atomic E-state index is 0.906. The van der Waals surface area contributed by atoms with E-state index in [2.05, 4.69) is 143 Å². The van der Waals surface area contributed by atoms with Crippen LogP contribution in [0.5, 0.6) is 0 Å². The van der Waals surface area contributed by atoms with E-state index in [4.69, 9.17) is 9.97 Å². The maximum Gasteiger partial charge on any atom is 0.138 e. The second-order valence-corrected chi connectivity index (χ2v) is 11.4. The van der Waals surface area contributed by atoms with Crippen molar-refractivity contribution in [1.29, 1.82) is 0 Å². The van der Waals surface area contributed by atoms with Gasteiger partial charge in [0.1, 0.15) is 11.6 Å².